The Hall–Kier alpha value is -2.10. The number of carbonyl (C=O) groups is 1. The van der Waals surface area contributed by atoms with Crippen molar-refractivity contribution in [3.8, 4) is 0 Å². The predicted octanol–water partition coefficient (Wildman–Crippen LogP) is 3.69. The summed E-state index contributed by atoms with van der Waals surface area (Å²) in [5.74, 6) is -0.105. The molecular formula is C18H24N2O2. The molecular weight excluding hydrogens is 276 g/mol. The lowest BCUT2D eigenvalue weighted by molar-refractivity contribution is -0.113. The summed E-state index contributed by atoms with van der Waals surface area (Å²) >= 11 is 0. The molecule has 0 unspecified atom stereocenters. The second-order valence-corrected chi connectivity index (χ2v) is 5.52. The minimum Gasteiger partial charge on any atom is -0.396 e. The van der Waals surface area contributed by atoms with Crippen molar-refractivity contribution in [2.75, 3.05) is 18.6 Å². The average Bonchev–Trinajstić information content (AvgIpc) is 2.95. The number of aryl methyl sites for hydroxylation is 1. The van der Waals surface area contributed by atoms with Gasteiger partial charge in [0.15, 0.2) is 0 Å². The second-order valence-electron chi connectivity index (χ2n) is 5.52. The summed E-state index contributed by atoms with van der Waals surface area (Å²) in [6.07, 6.45) is 6.57. The number of nitrogens with zero attached hydrogens (tertiary/aromatic N) is 2. The van der Waals surface area contributed by atoms with Gasteiger partial charge in [-0.15, -0.1) is 0 Å². The third-order valence-electron chi connectivity index (χ3n) is 3.94. The molecule has 0 aromatic heterocycles. The van der Waals surface area contributed by atoms with Crippen LogP contribution in [-0.2, 0) is 16.1 Å². The van der Waals surface area contributed by atoms with Crippen LogP contribution in [0.15, 0.2) is 36.0 Å². The highest BCUT2D eigenvalue weighted by Crippen LogP contribution is 2.27. The molecule has 1 aromatic carbocycles. The minimum atomic E-state index is -0.105. The zero-order valence-corrected chi connectivity index (χ0v) is 13.5. The normalized spacial score (nSPS) is 14.7. The first-order valence-electron chi connectivity index (χ1n) is 7.89. The van der Waals surface area contributed by atoms with E-state index < -0.39 is 0 Å². The number of amides is 1. The molecule has 1 aliphatic rings. The Balaban J connectivity index is 2.05. The van der Waals surface area contributed by atoms with Gasteiger partial charge in [-0.05, 0) is 43.0 Å². The second kappa shape index (κ2) is 7.78. The number of fused-ring (bicyclic) bond motifs is 1. The van der Waals surface area contributed by atoms with Crippen molar-refractivity contribution in [2.24, 2.45) is 5.16 Å². The molecule has 0 N–H and O–H groups in total. The largest absolute Gasteiger partial charge is 0.396 e. The van der Waals surface area contributed by atoms with E-state index in [0.29, 0.717) is 6.61 Å². The smallest absolute Gasteiger partial charge is 0.250 e. The maximum atomic E-state index is 11.7. The van der Waals surface area contributed by atoms with Crippen LogP contribution in [-0.4, -0.2) is 25.3 Å². The van der Waals surface area contributed by atoms with Crippen LogP contribution in [0.25, 0.3) is 0 Å². The van der Waals surface area contributed by atoms with Crippen molar-refractivity contribution in [2.45, 2.75) is 39.0 Å². The number of hydrogen-bond acceptors (Lipinski definition) is 3. The van der Waals surface area contributed by atoms with Gasteiger partial charge < -0.3 is 9.74 Å². The summed E-state index contributed by atoms with van der Waals surface area (Å²) in [5.41, 5.74) is 4.25. The number of rotatable bonds is 7. The molecule has 0 bridgehead atoms. The standard InChI is InChI=1S/C18H24N2O2/c1-4-6-7-12-22-19-17-11-8-14-13-15(9-10-16(14)17)20(3)18(21)5-2/h5,9-10,13H,2,4,6-8,11-12H2,1,3H3/b19-17-. The number of anilines is 1. The van der Waals surface area contributed by atoms with Gasteiger partial charge in [-0.1, -0.05) is 37.6 Å². The van der Waals surface area contributed by atoms with Crippen molar-refractivity contribution in [3.05, 3.63) is 42.0 Å². The summed E-state index contributed by atoms with van der Waals surface area (Å²) in [6, 6.07) is 6.02. The predicted molar refractivity (Wildman–Crippen MR) is 90.4 cm³/mol. The van der Waals surface area contributed by atoms with E-state index in [0.717, 1.165) is 36.2 Å². The Bertz CT molecular complexity index is 578. The quantitative estimate of drug-likeness (QED) is 0.438. The Morgan fingerprint density at radius 2 is 2.23 bits per heavy atom. The SMILES string of the molecule is C=CC(=O)N(C)c1ccc2c(c1)CC/C2=N/OCCCCC. The fourth-order valence-electron chi connectivity index (χ4n) is 2.56. The van der Waals surface area contributed by atoms with Crippen LogP contribution in [0.5, 0.6) is 0 Å². The molecule has 1 aliphatic carbocycles. The summed E-state index contributed by atoms with van der Waals surface area (Å²) in [7, 11) is 1.76. The number of unbranched alkanes of at least 4 members (excludes halogenated alkanes) is 2. The molecule has 0 spiro atoms. The van der Waals surface area contributed by atoms with Crippen LogP contribution in [0, 0.1) is 0 Å². The summed E-state index contributed by atoms with van der Waals surface area (Å²) in [6.45, 7) is 6.37. The van der Waals surface area contributed by atoms with Gasteiger partial charge in [0.1, 0.15) is 6.61 Å². The van der Waals surface area contributed by atoms with Crippen molar-refractivity contribution < 1.29 is 9.63 Å². The van der Waals surface area contributed by atoms with Gasteiger partial charge in [0.2, 0.25) is 5.91 Å². The third-order valence-corrected chi connectivity index (χ3v) is 3.94. The van der Waals surface area contributed by atoms with Crippen LogP contribution in [0.4, 0.5) is 5.69 Å². The molecule has 0 radical (unpaired) electrons. The third kappa shape index (κ3) is 3.75. The fourth-order valence-corrected chi connectivity index (χ4v) is 2.56. The van der Waals surface area contributed by atoms with E-state index in [1.807, 2.05) is 12.1 Å². The summed E-state index contributed by atoms with van der Waals surface area (Å²) in [5, 5.41) is 4.28. The Morgan fingerprint density at radius 3 is 2.95 bits per heavy atom. The monoisotopic (exact) mass is 300 g/mol. The molecule has 0 atom stereocenters. The molecule has 1 amide bonds. The molecule has 0 aliphatic heterocycles. The van der Waals surface area contributed by atoms with Crippen molar-refractivity contribution in [1.29, 1.82) is 0 Å². The molecule has 0 heterocycles. The van der Waals surface area contributed by atoms with Gasteiger partial charge in [-0.2, -0.15) is 0 Å². The number of carbonyl (C=O) groups excluding carboxylic acids is 1. The fraction of sp³-hybridized carbons (Fsp3) is 0.444. The lowest BCUT2D eigenvalue weighted by Gasteiger charge is -2.16. The first-order valence-corrected chi connectivity index (χ1v) is 7.89. The van der Waals surface area contributed by atoms with Crippen molar-refractivity contribution >= 4 is 17.3 Å². The highest BCUT2D eigenvalue weighted by Gasteiger charge is 2.20. The van der Waals surface area contributed by atoms with E-state index >= 15 is 0 Å². The first kappa shape index (κ1) is 16.3. The van der Waals surface area contributed by atoms with Crippen LogP contribution in [0.2, 0.25) is 0 Å². The molecule has 0 saturated heterocycles. The molecule has 0 fully saturated rings. The first-order chi connectivity index (χ1) is 10.7. The number of benzene rings is 1. The molecule has 22 heavy (non-hydrogen) atoms. The van der Waals surface area contributed by atoms with Gasteiger partial charge >= 0.3 is 0 Å². The lowest BCUT2D eigenvalue weighted by atomic mass is 10.1. The molecule has 118 valence electrons. The van der Waals surface area contributed by atoms with Gasteiger partial charge in [0.05, 0.1) is 5.71 Å². The maximum Gasteiger partial charge on any atom is 0.250 e. The van der Waals surface area contributed by atoms with Gasteiger partial charge in [0.25, 0.3) is 0 Å². The van der Waals surface area contributed by atoms with Gasteiger partial charge in [-0.3, -0.25) is 4.79 Å². The van der Waals surface area contributed by atoms with Gasteiger partial charge in [-0.25, -0.2) is 0 Å². The molecule has 4 heteroatoms. The number of likely N-dealkylation sites (N-methyl/N-ethyl adjacent to an activating group) is 1. The zero-order valence-electron chi connectivity index (χ0n) is 13.5. The molecule has 2 rings (SSSR count). The highest BCUT2D eigenvalue weighted by molar-refractivity contribution is 6.05. The van der Waals surface area contributed by atoms with Crippen LogP contribution in [0.1, 0.15) is 43.7 Å². The maximum absolute atomic E-state index is 11.7. The van der Waals surface area contributed by atoms with Gasteiger partial charge in [0, 0.05) is 18.3 Å². The number of oxime groups is 1. The van der Waals surface area contributed by atoms with Crippen LogP contribution < -0.4 is 4.90 Å². The summed E-state index contributed by atoms with van der Waals surface area (Å²) < 4.78 is 0. The van der Waals surface area contributed by atoms with E-state index in [4.69, 9.17) is 4.84 Å². The van der Waals surface area contributed by atoms with Crippen molar-refractivity contribution in [3.63, 3.8) is 0 Å². The Kier molecular flexibility index (Phi) is 5.75. The Morgan fingerprint density at radius 1 is 1.41 bits per heavy atom. The van der Waals surface area contributed by atoms with E-state index in [9.17, 15) is 4.79 Å². The van der Waals surface area contributed by atoms with Crippen LogP contribution in [0.3, 0.4) is 0 Å². The molecule has 1 aromatic rings. The van der Waals surface area contributed by atoms with E-state index in [1.54, 1.807) is 11.9 Å². The number of hydrogen-bond donors (Lipinski definition) is 0. The van der Waals surface area contributed by atoms with Crippen LogP contribution >= 0.6 is 0 Å². The van der Waals surface area contributed by atoms with E-state index in [2.05, 4.69) is 24.7 Å². The topological polar surface area (TPSA) is 41.9 Å². The van der Waals surface area contributed by atoms with E-state index in [-0.39, 0.29) is 5.91 Å². The Labute approximate surface area is 132 Å². The van der Waals surface area contributed by atoms with Crippen molar-refractivity contribution in [1.82, 2.24) is 0 Å². The minimum absolute atomic E-state index is 0.105. The van der Waals surface area contributed by atoms with E-state index in [1.165, 1.54) is 24.5 Å². The average molecular weight is 300 g/mol. The molecule has 4 nitrogen and oxygen atoms in total. The highest BCUT2D eigenvalue weighted by atomic mass is 16.6. The summed E-state index contributed by atoms with van der Waals surface area (Å²) in [4.78, 5) is 18.7. The zero-order chi connectivity index (χ0) is 15.9. The molecule has 0 saturated carbocycles. The lowest BCUT2D eigenvalue weighted by Crippen LogP contribution is -2.23.